The number of hydrogen-bond donors (Lipinski definition) is 1. The highest BCUT2D eigenvalue weighted by Gasteiger charge is 2.23. The Labute approximate surface area is 159 Å². The maximum atomic E-state index is 12.6. The van der Waals surface area contributed by atoms with Gasteiger partial charge in [-0.25, -0.2) is 13.4 Å². The molecule has 1 aromatic heterocycles. The highest BCUT2D eigenvalue weighted by molar-refractivity contribution is 7.99. The number of pyridine rings is 1. The van der Waals surface area contributed by atoms with Crippen molar-refractivity contribution >= 4 is 33.4 Å². The number of nitrogens with one attached hydrogen (secondary N) is 1. The summed E-state index contributed by atoms with van der Waals surface area (Å²) >= 11 is 1.61. The van der Waals surface area contributed by atoms with Crippen LogP contribution in [0.15, 0.2) is 52.5 Å². The molecule has 8 heteroatoms. The topological polar surface area (TPSA) is 79.4 Å². The summed E-state index contributed by atoms with van der Waals surface area (Å²) in [4.78, 5) is 16.8. The summed E-state index contributed by atoms with van der Waals surface area (Å²) in [7, 11) is -2.12. The number of nitrogens with zero attached hydrogens (tertiary/aromatic N) is 2. The molecular formula is C18H23N3O3S2. The number of carbonyl (C=O) groups excluding carboxylic acids is 1. The molecule has 0 aliphatic heterocycles. The number of sulfonamides is 1. The zero-order valence-corrected chi connectivity index (χ0v) is 16.9. The lowest BCUT2D eigenvalue weighted by atomic mass is 10.2. The lowest BCUT2D eigenvalue weighted by molar-refractivity contribution is 0.102. The van der Waals surface area contributed by atoms with Crippen LogP contribution in [0.5, 0.6) is 0 Å². The first-order valence-corrected chi connectivity index (χ1v) is 10.7. The first kappa shape index (κ1) is 20.4. The second-order valence-corrected chi connectivity index (χ2v) is 9.20. The van der Waals surface area contributed by atoms with E-state index in [2.05, 4.69) is 10.3 Å². The summed E-state index contributed by atoms with van der Waals surface area (Å²) < 4.78 is 26.5. The van der Waals surface area contributed by atoms with Gasteiger partial charge in [0.15, 0.2) is 0 Å². The fraction of sp³-hybridized carbons (Fsp3) is 0.333. The third kappa shape index (κ3) is 4.84. The lowest BCUT2D eigenvalue weighted by Crippen LogP contribution is -2.33. The Bertz CT molecular complexity index is 866. The molecule has 2 rings (SSSR count). The van der Waals surface area contributed by atoms with Crippen LogP contribution in [-0.2, 0) is 10.0 Å². The second-order valence-electron chi connectivity index (χ2n) is 5.92. The summed E-state index contributed by atoms with van der Waals surface area (Å²) in [5, 5.41) is 3.62. The standard InChI is InChI=1S/C18H23N3O3S2/c1-5-25-17-10-9-15(12-19-17)20-18(22)14-7-6-8-16(11-14)26(23,24)21(4)13(2)3/h6-13H,5H2,1-4H3,(H,20,22). The van der Waals surface area contributed by atoms with Gasteiger partial charge >= 0.3 is 0 Å². The van der Waals surface area contributed by atoms with Gasteiger partial charge in [-0.3, -0.25) is 4.79 Å². The minimum Gasteiger partial charge on any atom is -0.321 e. The fourth-order valence-corrected chi connectivity index (χ4v) is 4.13. The lowest BCUT2D eigenvalue weighted by Gasteiger charge is -2.21. The van der Waals surface area contributed by atoms with Gasteiger partial charge in [0.05, 0.1) is 21.8 Å². The van der Waals surface area contributed by atoms with Crippen molar-refractivity contribution in [2.45, 2.75) is 36.7 Å². The third-order valence-electron chi connectivity index (χ3n) is 3.79. The third-order valence-corrected chi connectivity index (χ3v) is 6.64. The summed E-state index contributed by atoms with van der Waals surface area (Å²) in [6.07, 6.45) is 1.59. The van der Waals surface area contributed by atoms with Gasteiger partial charge in [0.25, 0.3) is 5.91 Å². The Morgan fingerprint density at radius 1 is 1.27 bits per heavy atom. The van der Waals surface area contributed by atoms with Crippen molar-refractivity contribution in [2.75, 3.05) is 18.1 Å². The van der Waals surface area contributed by atoms with Crippen molar-refractivity contribution in [3.8, 4) is 0 Å². The van der Waals surface area contributed by atoms with E-state index in [4.69, 9.17) is 0 Å². The maximum absolute atomic E-state index is 12.6. The predicted molar refractivity (Wildman–Crippen MR) is 105 cm³/mol. The molecule has 2 aromatic rings. The quantitative estimate of drug-likeness (QED) is 0.729. The van der Waals surface area contributed by atoms with E-state index in [1.54, 1.807) is 50.0 Å². The van der Waals surface area contributed by atoms with Gasteiger partial charge < -0.3 is 5.32 Å². The first-order valence-electron chi connectivity index (χ1n) is 8.24. The summed E-state index contributed by atoms with van der Waals surface area (Å²) in [6.45, 7) is 5.63. The first-order chi connectivity index (χ1) is 12.3. The number of hydrogen-bond acceptors (Lipinski definition) is 5. The number of thioether (sulfide) groups is 1. The molecule has 0 aliphatic carbocycles. The molecule has 1 amide bonds. The van der Waals surface area contributed by atoms with E-state index < -0.39 is 10.0 Å². The Balaban J connectivity index is 2.20. The van der Waals surface area contributed by atoms with E-state index in [0.29, 0.717) is 5.69 Å². The van der Waals surface area contributed by atoms with Gasteiger partial charge in [-0.1, -0.05) is 13.0 Å². The van der Waals surface area contributed by atoms with Crippen LogP contribution in [0.4, 0.5) is 5.69 Å². The van der Waals surface area contributed by atoms with E-state index >= 15 is 0 Å². The van der Waals surface area contributed by atoms with Gasteiger partial charge in [0.1, 0.15) is 0 Å². The zero-order valence-electron chi connectivity index (χ0n) is 15.3. The second kappa shape index (κ2) is 8.66. The molecule has 0 atom stereocenters. The highest BCUT2D eigenvalue weighted by Crippen LogP contribution is 2.20. The molecule has 1 aromatic carbocycles. The summed E-state index contributed by atoms with van der Waals surface area (Å²) in [5.41, 5.74) is 0.832. The molecule has 26 heavy (non-hydrogen) atoms. The molecule has 0 fully saturated rings. The Morgan fingerprint density at radius 2 is 2.00 bits per heavy atom. The number of amides is 1. The van der Waals surface area contributed by atoms with Crippen molar-refractivity contribution in [1.82, 2.24) is 9.29 Å². The molecule has 1 heterocycles. The number of carbonyl (C=O) groups is 1. The van der Waals surface area contributed by atoms with E-state index in [1.165, 1.54) is 23.5 Å². The molecule has 0 radical (unpaired) electrons. The highest BCUT2D eigenvalue weighted by atomic mass is 32.2. The van der Waals surface area contributed by atoms with E-state index in [-0.39, 0.29) is 22.4 Å². The Morgan fingerprint density at radius 3 is 2.58 bits per heavy atom. The van der Waals surface area contributed by atoms with Crippen molar-refractivity contribution in [2.24, 2.45) is 0 Å². The average Bonchev–Trinajstić information content (AvgIpc) is 2.63. The normalized spacial score (nSPS) is 11.8. The Hall–Kier alpha value is -1.90. The van der Waals surface area contributed by atoms with Gasteiger partial charge in [0, 0.05) is 18.7 Å². The van der Waals surface area contributed by atoms with E-state index in [0.717, 1.165) is 10.8 Å². The van der Waals surface area contributed by atoms with Crippen LogP contribution in [-0.4, -0.2) is 42.5 Å². The SMILES string of the molecule is CCSc1ccc(NC(=O)c2cccc(S(=O)(=O)N(C)C(C)C)c2)cn1. The largest absolute Gasteiger partial charge is 0.321 e. The molecule has 0 spiro atoms. The average molecular weight is 394 g/mol. The number of benzene rings is 1. The van der Waals surface area contributed by atoms with Crippen molar-refractivity contribution in [3.63, 3.8) is 0 Å². The molecule has 0 saturated carbocycles. The number of aromatic nitrogens is 1. The fourth-order valence-electron chi connectivity index (χ4n) is 2.13. The van der Waals surface area contributed by atoms with Crippen LogP contribution >= 0.6 is 11.8 Å². The summed E-state index contributed by atoms with van der Waals surface area (Å²) in [5.74, 6) is 0.539. The molecule has 0 aliphatic rings. The van der Waals surface area contributed by atoms with E-state index in [1.807, 2.05) is 13.0 Å². The zero-order chi connectivity index (χ0) is 19.3. The number of anilines is 1. The summed E-state index contributed by atoms with van der Waals surface area (Å²) in [6, 6.07) is 9.45. The van der Waals surface area contributed by atoms with Crippen LogP contribution in [0.25, 0.3) is 0 Å². The van der Waals surface area contributed by atoms with Gasteiger partial charge in [-0.05, 0) is 49.9 Å². The molecule has 0 saturated heterocycles. The minimum atomic E-state index is -3.64. The minimum absolute atomic E-state index is 0.0918. The molecule has 140 valence electrons. The van der Waals surface area contributed by atoms with Crippen LogP contribution < -0.4 is 5.32 Å². The van der Waals surface area contributed by atoms with Crippen LogP contribution in [0.3, 0.4) is 0 Å². The monoisotopic (exact) mass is 393 g/mol. The predicted octanol–water partition coefficient (Wildman–Crippen LogP) is 3.47. The molecule has 1 N–H and O–H groups in total. The van der Waals surface area contributed by atoms with Gasteiger partial charge in [0.2, 0.25) is 10.0 Å². The molecule has 0 bridgehead atoms. The molecule has 0 unspecified atom stereocenters. The number of rotatable bonds is 7. The van der Waals surface area contributed by atoms with Crippen LogP contribution in [0.2, 0.25) is 0 Å². The van der Waals surface area contributed by atoms with Gasteiger partial charge in [-0.2, -0.15) is 4.31 Å². The van der Waals surface area contributed by atoms with Crippen LogP contribution in [0.1, 0.15) is 31.1 Å². The van der Waals surface area contributed by atoms with Crippen LogP contribution in [0, 0.1) is 0 Å². The van der Waals surface area contributed by atoms with Crippen molar-refractivity contribution in [1.29, 1.82) is 0 Å². The smallest absolute Gasteiger partial charge is 0.255 e. The molecular weight excluding hydrogens is 370 g/mol. The maximum Gasteiger partial charge on any atom is 0.255 e. The Kier molecular flexibility index (Phi) is 6.80. The van der Waals surface area contributed by atoms with Gasteiger partial charge in [-0.15, -0.1) is 11.8 Å². The van der Waals surface area contributed by atoms with E-state index in [9.17, 15) is 13.2 Å². The van der Waals surface area contributed by atoms with Crippen molar-refractivity contribution in [3.05, 3.63) is 48.2 Å². The molecule has 6 nitrogen and oxygen atoms in total. The van der Waals surface area contributed by atoms with Crippen molar-refractivity contribution < 1.29 is 13.2 Å².